The fourth-order valence-electron chi connectivity index (χ4n) is 2.32. The topological polar surface area (TPSA) is 55.4 Å². The maximum Gasteiger partial charge on any atom is 0.328 e. The van der Waals surface area contributed by atoms with Crippen molar-refractivity contribution in [1.29, 1.82) is 0 Å². The molecule has 0 aliphatic carbocycles. The molecule has 0 saturated heterocycles. The number of amides is 1. The van der Waals surface area contributed by atoms with Gasteiger partial charge in [0.2, 0.25) is 0 Å². The van der Waals surface area contributed by atoms with Gasteiger partial charge in [-0.1, -0.05) is 40.2 Å². The van der Waals surface area contributed by atoms with Crippen LogP contribution in [0, 0.1) is 0 Å². The van der Waals surface area contributed by atoms with E-state index in [1.807, 2.05) is 36.6 Å². The summed E-state index contributed by atoms with van der Waals surface area (Å²) in [5.41, 5.74) is 0.543. The molecule has 0 aliphatic heterocycles. The van der Waals surface area contributed by atoms with Crippen molar-refractivity contribution in [3.8, 4) is 0 Å². The normalized spacial score (nSPS) is 12.0. The molecular weight excluding hydrogens is 378 g/mol. The van der Waals surface area contributed by atoms with Crippen LogP contribution < -0.4 is 5.32 Å². The minimum Gasteiger partial charge on any atom is -0.467 e. The Balaban J connectivity index is 2.29. The zero-order valence-corrected chi connectivity index (χ0v) is 15.4. The summed E-state index contributed by atoms with van der Waals surface area (Å²) in [4.78, 5) is 24.5. The fourth-order valence-corrected chi connectivity index (χ4v) is 3.27. The average molecular weight is 396 g/mol. The van der Waals surface area contributed by atoms with E-state index in [-0.39, 0.29) is 5.91 Å². The zero-order chi connectivity index (χ0) is 16.8. The number of ether oxygens (including phenoxy) is 1. The summed E-state index contributed by atoms with van der Waals surface area (Å²) in [5, 5.41) is 4.59. The first-order chi connectivity index (χ1) is 11.1. The molecule has 2 aromatic carbocycles. The van der Waals surface area contributed by atoms with Crippen molar-refractivity contribution in [2.75, 3.05) is 19.1 Å². The first-order valence-corrected chi connectivity index (χ1v) is 9.32. The first kappa shape index (κ1) is 17.8. The molecule has 1 amide bonds. The van der Waals surface area contributed by atoms with Gasteiger partial charge in [0.15, 0.2) is 0 Å². The second kappa shape index (κ2) is 8.36. The predicted molar refractivity (Wildman–Crippen MR) is 97.9 cm³/mol. The van der Waals surface area contributed by atoms with E-state index in [9.17, 15) is 9.59 Å². The van der Waals surface area contributed by atoms with Gasteiger partial charge < -0.3 is 10.1 Å². The first-order valence-electron chi connectivity index (χ1n) is 7.13. The van der Waals surface area contributed by atoms with Gasteiger partial charge in [-0.05, 0) is 41.3 Å². The van der Waals surface area contributed by atoms with Crippen LogP contribution in [0.2, 0.25) is 0 Å². The quantitative estimate of drug-likeness (QED) is 0.758. The Morgan fingerprint density at radius 1 is 1.22 bits per heavy atom. The summed E-state index contributed by atoms with van der Waals surface area (Å²) in [7, 11) is 1.33. The van der Waals surface area contributed by atoms with Gasteiger partial charge in [-0.25, -0.2) is 4.79 Å². The molecule has 122 valence electrons. The van der Waals surface area contributed by atoms with E-state index in [0.717, 1.165) is 21.0 Å². The highest BCUT2D eigenvalue weighted by Gasteiger charge is 2.22. The van der Waals surface area contributed by atoms with Crippen LogP contribution in [0.1, 0.15) is 16.8 Å². The van der Waals surface area contributed by atoms with Crippen LogP contribution in [0.5, 0.6) is 0 Å². The van der Waals surface area contributed by atoms with Gasteiger partial charge >= 0.3 is 5.97 Å². The van der Waals surface area contributed by atoms with Crippen LogP contribution >= 0.6 is 27.7 Å². The standard InChI is InChI=1S/C17H18BrNO3S/c1-22-17(21)15(9-10-23-2)19-16(20)13-7-8-14(18)12-6-4-3-5-11(12)13/h3-8,15H,9-10H2,1-2H3,(H,19,20). The molecule has 0 aliphatic rings. The SMILES string of the molecule is COC(=O)C(CCSC)NC(=O)c1ccc(Br)c2ccccc12. The second-order valence-corrected chi connectivity index (χ2v) is 6.81. The van der Waals surface area contributed by atoms with Gasteiger partial charge in [0.25, 0.3) is 5.91 Å². The van der Waals surface area contributed by atoms with Crippen molar-refractivity contribution in [2.45, 2.75) is 12.5 Å². The fraction of sp³-hybridized carbons (Fsp3) is 0.294. The Bertz CT molecular complexity index is 720. The lowest BCUT2D eigenvalue weighted by atomic mass is 10.0. The largest absolute Gasteiger partial charge is 0.467 e. The highest BCUT2D eigenvalue weighted by atomic mass is 79.9. The van der Waals surface area contributed by atoms with E-state index in [1.165, 1.54) is 7.11 Å². The molecule has 2 rings (SSSR count). The van der Waals surface area contributed by atoms with Crippen LogP contribution in [-0.4, -0.2) is 37.0 Å². The number of carbonyl (C=O) groups is 2. The molecule has 1 N–H and O–H groups in total. The number of hydrogen-bond acceptors (Lipinski definition) is 4. The number of carbonyl (C=O) groups excluding carboxylic acids is 2. The van der Waals surface area contributed by atoms with E-state index in [0.29, 0.717) is 12.0 Å². The Hall–Kier alpha value is -1.53. The number of methoxy groups -OCH3 is 1. The lowest BCUT2D eigenvalue weighted by molar-refractivity contribution is -0.142. The summed E-state index contributed by atoms with van der Waals surface area (Å²) in [6.45, 7) is 0. The molecule has 2 aromatic rings. The highest BCUT2D eigenvalue weighted by Crippen LogP contribution is 2.26. The van der Waals surface area contributed by atoms with Gasteiger partial charge in [-0.3, -0.25) is 4.79 Å². The number of esters is 1. The summed E-state index contributed by atoms with van der Waals surface area (Å²) in [6.07, 6.45) is 2.49. The molecule has 0 spiro atoms. The highest BCUT2D eigenvalue weighted by molar-refractivity contribution is 9.10. The Morgan fingerprint density at radius 3 is 2.57 bits per heavy atom. The summed E-state index contributed by atoms with van der Waals surface area (Å²) < 4.78 is 5.71. The smallest absolute Gasteiger partial charge is 0.328 e. The molecule has 0 aromatic heterocycles. The minimum absolute atomic E-state index is 0.273. The van der Waals surface area contributed by atoms with E-state index in [1.54, 1.807) is 17.8 Å². The molecule has 0 saturated carbocycles. The van der Waals surface area contributed by atoms with Crippen LogP contribution in [0.4, 0.5) is 0 Å². The Morgan fingerprint density at radius 2 is 1.91 bits per heavy atom. The molecule has 23 heavy (non-hydrogen) atoms. The van der Waals surface area contributed by atoms with Gasteiger partial charge in [0, 0.05) is 10.0 Å². The molecule has 6 heteroatoms. The lowest BCUT2D eigenvalue weighted by Crippen LogP contribution is -2.42. The number of halogens is 1. The van der Waals surface area contributed by atoms with Gasteiger partial charge in [0.05, 0.1) is 7.11 Å². The van der Waals surface area contributed by atoms with E-state index in [4.69, 9.17) is 4.74 Å². The molecule has 0 fully saturated rings. The third-order valence-electron chi connectivity index (χ3n) is 3.52. The number of rotatable bonds is 6. The monoisotopic (exact) mass is 395 g/mol. The number of thioether (sulfide) groups is 1. The molecule has 1 atom stereocenters. The third kappa shape index (κ3) is 4.26. The van der Waals surface area contributed by atoms with E-state index in [2.05, 4.69) is 21.2 Å². The van der Waals surface area contributed by atoms with E-state index >= 15 is 0 Å². The molecule has 0 radical (unpaired) electrons. The number of benzene rings is 2. The lowest BCUT2D eigenvalue weighted by Gasteiger charge is -2.17. The summed E-state index contributed by atoms with van der Waals surface area (Å²) in [6, 6.07) is 10.6. The Kier molecular flexibility index (Phi) is 6.47. The number of nitrogens with one attached hydrogen (secondary N) is 1. The van der Waals surface area contributed by atoms with Crippen LogP contribution in [0.25, 0.3) is 10.8 Å². The maximum absolute atomic E-state index is 12.6. The van der Waals surface area contributed by atoms with Crippen LogP contribution in [0.15, 0.2) is 40.9 Å². The third-order valence-corrected chi connectivity index (χ3v) is 4.85. The summed E-state index contributed by atoms with van der Waals surface area (Å²) >= 11 is 5.11. The van der Waals surface area contributed by atoms with Crippen LogP contribution in [-0.2, 0) is 9.53 Å². The number of hydrogen-bond donors (Lipinski definition) is 1. The van der Waals surface area contributed by atoms with Crippen molar-refractivity contribution in [1.82, 2.24) is 5.32 Å². The zero-order valence-electron chi connectivity index (χ0n) is 13.0. The average Bonchev–Trinajstić information content (AvgIpc) is 2.58. The Labute approximate surface area is 148 Å². The summed E-state index contributed by atoms with van der Waals surface area (Å²) in [5.74, 6) is 0.0697. The molecular formula is C17H18BrNO3S. The van der Waals surface area contributed by atoms with Crippen molar-refractivity contribution in [3.63, 3.8) is 0 Å². The van der Waals surface area contributed by atoms with Crippen molar-refractivity contribution in [2.24, 2.45) is 0 Å². The van der Waals surface area contributed by atoms with Crippen molar-refractivity contribution >= 4 is 50.3 Å². The molecule has 1 unspecified atom stereocenters. The number of fused-ring (bicyclic) bond motifs is 1. The van der Waals surface area contributed by atoms with Gasteiger partial charge in [-0.2, -0.15) is 11.8 Å². The van der Waals surface area contributed by atoms with Crippen LogP contribution in [0.3, 0.4) is 0 Å². The van der Waals surface area contributed by atoms with Gasteiger partial charge in [0.1, 0.15) is 6.04 Å². The van der Waals surface area contributed by atoms with E-state index < -0.39 is 12.0 Å². The van der Waals surface area contributed by atoms with Gasteiger partial charge in [-0.15, -0.1) is 0 Å². The van der Waals surface area contributed by atoms with Crippen molar-refractivity contribution in [3.05, 3.63) is 46.4 Å². The maximum atomic E-state index is 12.6. The predicted octanol–water partition coefficient (Wildman–Crippen LogP) is 3.63. The van der Waals surface area contributed by atoms with Crippen molar-refractivity contribution < 1.29 is 14.3 Å². The molecule has 0 bridgehead atoms. The molecule has 0 heterocycles. The molecule has 4 nitrogen and oxygen atoms in total. The minimum atomic E-state index is -0.637. The second-order valence-electron chi connectivity index (χ2n) is 4.97.